The fourth-order valence-electron chi connectivity index (χ4n) is 3.62. The Balaban J connectivity index is 0.00000341. The summed E-state index contributed by atoms with van der Waals surface area (Å²) in [7, 11) is 0. The molecular weight excluding hydrogens is 499 g/mol. The van der Waals surface area contributed by atoms with Crippen LogP contribution in [0.4, 0.5) is 0 Å². The third-order valence-electron chi connectivity index (χ3n) is 5.35. The van der Waals surface area contributed by atoms with E-state index in [1.807, 2.05) is 6.92 Å². The van der Waals surface area contributed by atoms with Gasteiger partial charge in [0, 0.05) is 26.2 Å². The number of hydrogen-bond donors (Lipinski definition) is 2. The van der Waals surface area contributed by atoms with Crippen molar-refractivity contribution < 1.29 is 4.74 Å². The lowest BCUT2D eigenvalue weighted by molar-refractivity contribution is 0.134. The Hall–Kier alpha value is -1.64. The predicted molar refractivity (Wildman–Crippen MR) is 140 cm³/mol. The molecule has 6 heteroatoms. The van der Waals surface area contributed by atoms with Crippen molar-refractivity contribution >= 4 is 29.9 Å². The Morgan fingerprint density at radius 2 is 1.48 bits per heavy atom. The number of nitrogens with zero attached hydrogens (tertiary/aromatic N) is 2. The molecule has 2 N–H and O–H groups in total. The maximum Gasteiger partial charge on any atom is 0.191 e. The second-order valence-corrected chi connectivity index (χ2v) is 7.80. The summed E-state index contributed by atoms with van der Waals surface area (Å²) in [5.74, 6) is 0.844. The highest BCUT2D eigenvalue weighted by Crippen LogP contribution is 2.13. The first kappa shape index (κ1) is 25.6. The van der Waals surface area contributed by atoms with Crippen molar-refractivity contribution in [3.63, 3.8) is 0 Å². The van der Waals surface area contributed by atoms with Gasteiger partial charge in [-0.3, -0.25) is 4.90 Å². The molecule has 3 rings (SSSR count). The molecule has 5 nitrogen and oxygen atoms in total. The second kappa shape index (κ2) is 14.4. The first-order chi connectivity index (χ1) is 14.8. The third-order valence-corrected chi connectivity index (χ3v) is 5.35. The summed E-state index contributed by atoms with van der Waals surface area (Å²) in [6, 6.07) is 17.4. The first-order valence-corrected chi connectivity index (χ1v) is 11.2. The van der Waals surface area contributed by atoms with E-state index in [0.717, 1.165) is 32.2 Å². The average Bonchev–Trinajstić information content (AvgIpc) is 3.29. The van der Waals surface area contributed by atoms with Crippen LogP contribution in [-0.4, -0.2) is 37.1 Å². The molecule has 2 aromatic carbocycles. The number of likely N-dealkylation sites (tertiary alicyclic amines) is 1. The Kier molecular flexibility index (Phi) is 11.9. The van der Waals surface area contributed by atoms with Crippen LogP contribution in [0.3, 0.4) is 0 Å². The zero-order chi connectivity index (χ0) is 21.0. The van der Waals surface area contributed by atoms with Crippen molar-refractivity contribution in [1.82, 2.24) is 15.5 Å². The molecule has 1 saturated heterocycles. The summed E-state index contributed by atoms with van der Waals surface area (Å²) >= 11 is 0. The Bertz CT molecular complexity index is 771. The normalized spacial score (nSPS) is 14.3. The lowest BCUT2D eigenvalue weighted by Gasteiger charge is -2.14. The molecule has 0 spiro atoms. The Morgan fingerprint density at radius 1 is 0.871 bits per heavy atom. The number of ether oxygens (including phenoxy) is 1. The topological polar surface area (TPSA) is 48.9 Å². The fourth-order valence-corrected chi connectivity index (χ4v) is 3.62. The van der Waals surface area contributed by atoms with Crippen molar-refractivity contribution in [2.45, 2.75) is 52.9 Å². The monoisotopic (exact) mass is 536 g/mol. The Labute approximate surface area is 204 Å². The van der Waals surface area contributed by atoms with Crippen LogP contribution in [0, 0.1) is 0 Å². The summed E-state index contributed by atoms with van der Waals surface area (Å²) in [6.45, 7) is 11.3. The maximum absolute atomic E-state index is 5.46. The molecule has 0 atom stereocenters. The minimum Gasteiger partial charge on any atom is -0.377 e. The molecule has 0 unspecified atom stereocenters. The van der Waals surface area contributed by atoms with Gasteiger partial charge >= 0.3 is 0 Å². The van der Waals surface area contributed by atoms with Crippen LogP contribution >= 0.6 is 24.0 Å². The standard InChI is InChI=1S/C25H36N4O.HI/c1-3-26-25(28-18-22-9-13-24(14-10-22)20-30-4-2)27-17-21-7-11-23(12-8-21)19-29-15-5-6-16-29;/h7-14H,3-6,15-20H2,1-2H3,(H2,26,27,28);1H. The van der Waals surface area contributed by atoms with Crippen LogP contribution in [0.2, 0.25) is 0 Å². The van der Waals surface area contributed by atoms with Crippen LogP contribution in [0.1, 0.15) is 48.9 Å². The van der Waals surface area contributed by atoms with Gasteiger partial charge in [0.1, 0.15) is 0 Å². The number of halogens is 1. The largest absolute Gasteiger partial charge is 0.377 e. The van der Waals surface area contributed by atoms with Gasteiger partial charge in [0.15, 0.2) is 5.96 Å². The molecule has 1 heterocycles. The van der Waals surface area contributed by atoms with E-state index in [-0.39, 0.29) is 24.0 Å². The van der Waals surface area contributed by atoms with Gasteiger partial charge in [0.05, 0.1) is 13.2 Å². The van der Waals surface area contributed by atoms with E-state index in [9.17, 15) is 0 Å². The molecule has 31 heavy (non-hydrogen) atoms. The molecule has 170 valence electrons. The zero-order valence-electron chi connectivity index (χ0n) is 18.9. The number of nitrogens with one attached hydrogen (secondary N) is 2. The van der Waals surface area contributed by atoms with Crippen LogP contribution in [0.15, 0.2) is 53.5 Å². The van der Waals surface area contributed by atoms with Gasteiger partial charge in [-0.15, -0.1) is 24.0 Å². The number of rotatable bonds is 10. The highest BCUT2D eigenvalue weighted by molar-refractivity contribution is 14.0. The van der Waals surface area contributed by atoms with Crippen LogP contribution in [-0.2, 0) is 31.0 Å². The molecule has 0 saturated carbocycles. The summed E-state index contributed by atoms with van der Waals surface area (Å²) in [5, 5.41) is 6.76. The van der Waals surface area contributed by atoms with Gasteiger partial charge in [-0.1, -0.05) is 48.5 Å². The van der Waals surface area contributed by atoms with E-state index in [1.54, 1.807) is 0 Å². The molecule has 0 bridgehead atoms. The van der Waals surface area contributed by atoms with E-state index < -0.39 is 0 Å². The lowest BCUT2D eigenvalue weighted by atomic mass is 10.1. The van der Waals surface area contributed by atoms with Crippen molar-refractivity contribution in [3.05, 3.63) is 70.8 Å². The second-order valence-electron chi connectivity index (χ2n) is 7.80. The van der Waals surface area contributed by atoms with Gasteiger partial charge in [-0.05, 0) is 62.0 Å². The van der Waals surface area contributed by atoms with Crippen molar-refractivity contribution in [2.24, 2.45) is 4.99 Å². The maximum atomic E-state index is 5.46. The number of hydrogen-bond acceptors (Lipinski definition) is 3. The molecule has 1 aliphatic rings. The van der Waals surface area contributed by atoms with E-state index >= 15 is 0 Å². The summed E-state index contributed by atoms with van der Waals surface area (Å²) in [5.41, 5.74) is 5.06. The number of guanidine groups is 1. The minimum atomic E-state index is 0. The molecular formula is C25H37IN4O. The van der Waals surface area contributed by atoms with Gasteiger partial charge in [0.25, 0.3) is 0 Å². The zero-order valence-corrected chi connectivity index (χ0v) is 21.2. The highest BCUT2D eigenvalue weighted by Gasteiger charge is 2.11. The molecule has 0 radical (unpaired) electrons. The van der Waals surface area contributed by atoms with E-state index in [0.29, 0.717) is 13.2 Å². The smallest absolute Gasteiger partial charge is 0.191 e. The minimum absolute atomic E-state index is 0. The van der Waals surface area contributed by atoms with Gasteiger partial charge in [0.2, 0.25) is 0 Å². The molecule has 2 aromatic rings. The number of aliphatic imine (C=N–C) groups is 1. The molecule has 0 aromatic heterocycles. The van der Waals surface area contributed by atoms with Crippen molar-refractivity contribution in [3.8, 4) is 0 Å². The molecule has 0 amide bonds. The first-order valence-electron chi connectivity index (χ1n) is 11.2. The summed E-state index contributed by atoms with van der Waals surface area (Å²) < 4.78 is 5.46. The molecule has 1 aliphatic heterocycles. The predicted octanol–water partition coefficient (Wildman–Crippen LogP) is 4.69. The van der Waals surface area contributed by atoms with Gasteiger partial charge in [-0.25, -0.2) is 4.99 Å². The van der Waals surface area contributed by atoms with Crippen molar-refractivity contribution in [2.75, 3.05) is 26.2 Å². The lowest BCUT2D eigenvalue weighted by Crippen LogP contribution is -2.36. The van der Waals surface area contributed by atoms with Crippen molar-refractivity contribution in [1.29, 1.82) is 0 Å². The van der Waals surface area contributed by atoms with Crippen LogP contribution in [0.5, 0.6) is 0 Å². The quantitative estimate of drug-likeness (QED) is 0.263. The van der Waals surface area contributed by atoms with E-state index in [2.05, 4.69) is 71.0 Å². The van der Waals surface area contributed by atoms with E-state index in [1.165, 1.54) is 48.2 Å². The fraction of sp³-hybridized carbons (Fsp3) is 0.480. The summed E-state index contributed by atoms with van der Waals surface area (Å²) in [4.78, 5) is 7.29. The van der Waals surface area contributed by atoms with Crippen LogP contribution in [0.25, 0.3) is 0 Å². The van der Waals surface area contributed by atoms with Gasteiger partial charge in [-0.2, -0.15) is 0 Å². The Morgan fingerprint density at radius 3 is 2.13 bits per heavy atom. The molecule has 1 fully saturated rings. The molecule has 0 aliphatic carbocycles. The SMILES string of the molecule is CCNC(=NCc1ccc(CN2CCCC2)cc1)NCc1ccc(COCC)cc1.I. The third kappa shape index (κ3) is 9.17. The highest BCUT2D eigenvalue weighted by atomic mass is 127. The van der Waals surface area contributed by atoms with Gasteiger partial charge < -0.3 is 15.4 Å². The average molecular weight is 537 g/mol. The van der Waals surface area contributed by atoms with E-state index in [4.69, 9.17) is 9.73 Å². The van der Waals surface area contributed by atoms with Crippen LogP contribution < -0.4 is 10.6 Å². The summed E-state index contributed by atoms with van der Waals surface area (Å²) in [6.07, 6.45) is 2.68. The number of benzene rings is 2.